The van der Waals surface area contributed by atoms with Gasteiger partial charge in [0.1, 0.15) is 5.75 Å². The number of ether oxygens (including phenoxy) is 1. The Morgan fingerprint density at radius 1 is 1.10 bits per heavy atom. The molecule has 2 saturated carbocycles. The first kappa shape index (κ1) is 14.6. The Morgan fingerprint density at radius 2 is 1.86 bits per heavy atom. The molecule has 3 rings (SSSR count). The van der Waals surface area contributed by atoms with Gasteiger partial charge in [-0.15, -0.1) is 0 Å². The molecule has 1 aromatic rings. The summed E-state index contributed by atoms with van der Waals surface area (Å²) < 4.78 is 5.40. The maximum absolute atomic E-state index is 12.9. The van der Waals surface area contributed by atoms with Gasteiger partial charge in [0.15, 0.2) is 5.78 Å². The van der Waals surface area contributed by atoms with Crippen molar-refractivity contribution in [2.24, 2.45) is 17.8 Å². The Morgan fingerprint density at radius 3 is 2.62 bits per heavy atom. The summed E-state index contributed by atoms with van der Waals surface area (Å²) in [7, 11) is 1.65. The van der Waals surface area contributed by atoms with E-state index in [1.54, 1.807) is 7.11 Å². The fourth-order valence-electron chi connectivity index (χ4n) is 4.35. The summed E-state index contributed by atoms with van der Waals surface area (Å²) >= 11 is 0. The van der Waals surface area contributed by atoms with Crippen LogP contribution in [0.15, 0.2) is 18.2 Å². The number of benzene rings is 1. The van der Waals surface area contributed by atoms with E-state index >= 15 is 0 Å². The number of rotatable bonds is 3. The Kier molecular flexibility index (Phi) is 4.32. The highest BCUT2D eigenvalue weighted by Gasteiger charge is 2.35. The van der Waals surface area contributed by atoms with Gasteiger partial charge in [0.25, 0.3) is 0 Å². The van der Waals surface area contributed by atoms with E-state index in [-0.39, 0.29) is 5.92 Å². The third kappa shape index (κ3) is 3.00. The van der Waals surface area contributed by atoms with E-state index in [0.29, 0.717) is 5.78 Å². The molecule has 114 valence electrons. The zero-order valence-electron chi connectivity index (χ0n) is 13.2. The fraction of sp³-hybridized carbons (Fsp3) is 0.632. The molecule has 0 radical (unpaired) electrons. The van der Waals surface area contributed by atoms with Gasteiger partial charge < -0.3 is 4.74 Å². The van der Waals surface area contributed by atoms with Gasteiger partial charge in [0.05, 0.1) is 12.7 Å². The van der Waals surface area contributed by atoms with Gasteiger partial charge in [0, 0.05) is 5.92 Å². The van der Waals surface area contributed by atoms with Crippen molar-refractivity contribution >= 4 is 5.78 Å². The van der Waals surface area contributed by atoms with E-state index in [1.807, 2.05) is 25.1 Å². The number of aryl methyl sites for hydroxylation is 1. The van der Waals surface area contributed by atoms with Gasteiger partial charge in [-0.2, -0.15) is 0 Å². The van der Waals surface area contributed by atoms with Crippen LogP contribution in [0.2, 0.25) is 0 Å². The van der Waals surface area contributed by atoms with Crippen LogP contribution in [0.4, 0.5) is 0 Å². The zero-order valence-corrected chi connectivity index (χ0v) is 13.2. The van der Waals surface area contributed by atoms with Crippen molar-refractivity contribution in [2.75, 3.05) is 7.11 Å². The summed E-state index contributed by atoms with van der Waals surface area (Å²) in [6, 6.07) is 5.93. The van der Waals surface area contributed by atoms with E-state index < -0.39 is 0 Å². The predicted molar refractivity (Wildman–Crippen MR) is 84.9 cm³/mol. The van der Waals surface area contributed by atoms with Crippen LogP contribution in [0.1, 0.15) is 60.9 Å². The van der Waals surface area contributed by atoms with Crippen LogP contribution in [0.3, 0.4) is 0 Å². The average Bonchev–Trinajstić information content (AvgIpc) is 2.53. The van der Waals surface area contributed by atoms with E-state index in [1.165, 1.54) is 32.1 Å². The summed E-state index contributed by atoms with van der Waals surface area (Å²) in [5.74, 6) is 2.93. The molecule has 0 aromatic heterocycles. The van der Waals surface area contributed by atoms with Crippen molar-refractivity contribution in [3.8, 4) is 5.75 Å². The minimum atomic E-state index is 0.208. The van der Waals surface area contributed by atoms with Gasteiger partial charge in [-0.3, -0.25) is 4.79 Å². The number of hydrogen-bond acceptors (Lipinski definition) is 2. The number of Topliss-reactive ketones (excluding diaryl/α,β-unsaturated/α-hetero) is 1. The molecule has 0 spiro atoms. The lowest BCUT2D eigenvalue weighted by Gasteiger charge is -2.38. The molecule has 0 N–H and O–H groups in total. The number of fused-ring (bicyclic) bond motifs is 1. The van der Waals surface area contributed by atoms with E-state index in [4.69, 9.17) is 4.74 Å². The number of carbonyl (C=O) groups is 1. The van der Waals surface area contributed by atoms with Crippen LogP contribution in [0.5, 0.6) is 5.75 Å². The topological polar surface area (TPSA) is 26.3 Å². The molecular weight excluding hydrogens is 260 g/mol. The lowest BCUT2D eigenvalue weighted by atomic mass is 9.66. The highest BCUT2D eigenvalue weighted by Crippen LogP contribution is 2.44. The average molecular weight is 286 g/mol. The second-order valence-corrected chi connectivity index (χ2v) is 6.88. The van der Waals surface area contributed by atoms with Crippen molar-refractivity contribution in [2.45, 2.75) is 51.9 Å². The number of carbonyl (C=O) groups excluding carboxylic acids is 1. The molecule has 0 amide bonds. The van der Waals surface area contributed by atoms with Crippen molar-refractivity contribution in [3.63, 3.8) is 0 Å². The summed E-state index contributed by atoms with van der Waals surface area (Å²) in [4.78, 5) is 12.9. The standard InChI is InChI=1S/C19H26O2/c1-13-7-10-18(21-2)17(11-13)19(20)16-9-8-14-5-3-4-6-15(14)12-16/h7,10-11,14-16H,3-6,8-9,12H2,1-2H3. The third-order valence-electron chi connectivity index (χ3n) is 5.53. The molecule has 0 heterocycles. The molecule has 0 saturated heterocycles. The first-order valence-electron chi connectivity index (χ1n) is 8.38. The minimum Gasteiger partial charge on any atom is -0.496 e. The molecule has 2 aliphatic rings. The summed E-state index contributed by atoms with van der Waals surface area (Å²) in [5.41, 5.74) is 1.92. The highest BCUT2D eigenvalue weighted by molar-refractivity contribution is 6.00. The van der Waals surface area contributed by atoms with Crippen LogP contribution in [-0.2, 0) is 0 Å². The SMILES string of the molecule is COc1ccc(C)cc1C(=O)C1CCC2CCCCC2C1. The van der Waals surface area contributed by atoms with Gasteiger partial charge in [-0.05, 0) is 50.2 Å². The first-order chi connectivity index (χ1) is 10.2. The van der Waals surface area contributed by atoms with E-state index in [0.717, 1.165) is 41.6 Å². The van der Waals surface area contributed by atoms with Gasteiger partial charge in [-0.1, -0.05) is 37.3 Å². The molecule has 3 unspecified atom stereocenters. The second kappa shape index (κ2) is 6.21. The molecular formula is C19H26O2. The molecule has 2 aliphatic carbocycles. The van der Waals surface area contributed by atoms with E-state index in [2.05, 4.69) is 0 Å². The zero-order chi connectivity index (χ0) is 14.8. The summed E-state index contributed by atoms with van der Waals surface area (Å²) in [6.07, 6.45) is 8.88. The Balaban J connectivity index is 1.77. The summed E-state index contributed by atoms with van der Waals surface area (Å²) in [5, 5.41) is 0. The molecule has 0 bridgehead atoms. The highest BCUT2D eigenvalue weighted by atomic mass is 16.5. The Hall–Kier alpha value is -1.31. The molecule has 2 fully saturated rings. The molecule has 2 heteroatoms. The maximum atomic E-state index is 12.9. The molecule has 3 atom stereocenters. The Labute approximate surface area is 127 Å². The molecule has 0 aliphatic heterocycles. The van der Waals surface area contributed by atoms with Crippen LogP contribution < -0.4 is 4.74 Å². The van der Waals surface area contributed by atoms with Gasteiger partial charge in [-0.25, -0.2) is 0 Å². The minimum absolute atomic E-state index is 0.208. The fourth-order valence-corrected chi connectivity index (χ4v) is 4.35. The van der Waals surface area contributed by atoms with E-state index in [9.17, 15) is 4.79 Å². The molecule has 21 heavy (non-hydrogen) atoms. The number of ketones is 1. The van der Waals surface area contributed by atoms with Gasteiger partial charge >= 0.3 is 0 Å². The molecule has 1 aromatic carbocycles. The lowest BCUT2D eigenvalue weighted by Crippen LogP contribution is -2.31. The van der Waals surface area contributed by atoms with Crippen molar-refractivity contribution in [1.29, 1.82) is 0 Å². The maximum Gasteiger partial charge on any atom is 0.169 e. The number of methoxy groups -OCH3 is 1. The van der Waals surface area contributed by atoms with Crippen molar-refractivity contribution in [3.05, 3.63) is 29.3 Å². The predicted octanol–water partition coefficient (Wildman–Crippen LogP) is 4.79. The monoisotopic (exact) mass is 286 g/mol. The normalized spacial score (nSPS) is 28.8. The first-order valence-corrected chi connectivity index (χ1v) is 8.38. The summed E-state index contributed by atoms with van der Waals surface area (Å²) in [6.45, 7) is 2.04. The molecule has 2 nitrogen and oxygen atoms in total. The van der Waals surface area contributed by atoms with Crippen LogP contribution >= 0.6 is 0 Å². The largest absolute Gasteiger partial charge is 0.496 e. The second-order valence-electron chi connectivity index (χ2n) is 6.88. The third-order valence-corrected chi connectivity index (χ3v) is 5.53. The smallest absolute Gasteiger partial charge is 0.169 e. The van der Waals surface area contributed by atoms with Crippen molar-refractivity contribution in [1.82, 2.24) is 0 Å². The van der Waals surface area contributed by atoms with Crippen LogP contribution in [0, 0.1) is 24.7 Å². The lowest BCUT2D eigenvalue weighted by molar-refractivity contribution is 0.0760. The quantitative estimate of drug-likeness (QED) is 0.747. The number of hydrogen-bond donors (Lipinski definition) is 0. The van der Waals surface area contributed by atoms with Crippen LogP contribution in [-0.4, -0.2) is 12.9 Å². The van der Waals surface area contributed by atoms with Crippen LogP contribution in [0.25, 0.3) is 0 Å². The Bertz CT molecular complexity index is 520. The van der Waals surface area contributed by atoms with Crippen molar-refractivity contribution < 1.29 is 9.53 Å². The van der Waals surface area contributed by atoms with Gasteiger partial charge in [0.2, 0.25) is 0 Å².